The van der Waals surface area contributed by atoms with Crippen LogP contribution in [0.25, 0.3) is 0 Å². The Morgan fingerprint density at radius 1 is 1.62 bits per heavy atom. The summed E-state index contributed by atoms with van der Waals surface area (Å²) in [5.41, 5.74) is 0. The van der Waals surface area contributed by atoms with Crippen LogP contribution in [0.5, 0.6) is 0 Å². The predicted octanol–water partition coefficient (Wildman–Crippen LogP) is 2.38. The van der Waals surface area contributed by atoms with Crippen molar-refractivity contribution in [1.29, 1.82) is 0 Å². The van der Waals surface area contributed by atoms with Crippen LogP contribution in [-0.2, 0) is 6.54 Å². The minimum absolute atomic E-state index is 0.925. The Hall–Kier alpha value is -0.0600. The second-order valence-corrected chi connectivity index (χ2v) is 5.03. The average Bonchev–Trinajstić information content (AvgIpc) is 2.63. The summed E-state index contributed by atoms with van der Waals surface area (Å²) in [4.78, 5) is 4.20. The summed E-state index contributed by atoms with van der Waals surface area (Å²) < 4.78 is 0. The SMILES string of the molecule is CCSCCCNCc1nccs1. The minimum atomic E-state index is 0.925. The lowest BCUT2D eigenvalue weighted by molar-refractivity contribution is 0.676. The van der Waals surface area contributed by atoms with Crippen LogP contribution in [0.1, 0.15) is 18.4 Å². The maximum Gasteiger partial charge on any atom is 0.106 e. The standard InChI is InChI=1S/C9H16N2S2/c1-2-12-6-3-4-10-8-9-11-5-7-13-9/h5,7,10H,2-4,6,8H2,1H3. The number of aromatic nitrogens is 1. The quantitative estimate of drug-likeness (QED) is 0.708. The van der Waals surface area contributed by atoms with Crippen LogP contribution in [0.3, 0.4) is 0 Å². The Balaban J connectivity index is 1.90. The molecular weight excluding hydrogens is 200 g/mol. The largest absolute Gasteiger partial charge is 0.310 e. The number of rotatable bonds is 7. The van der Waals surface area contributed by atoms with Crippen molar-refractivity contribution < 1.29 is 0 Å². The van der Waals surface area contributed by atoms with Gasteiger partial charge in [0.1, 0.15) is 5.01 Å². The van der Waals surface area contributed by atoms with Crippen LogP contribution in [0.4, 0.5) is 0 Å². The van der Waals surface area contributed by atoms with Gasteiger partial charge in [-0.1, -0.05) is 6.92 Å². The lowest BCUT2D eigenvalue weighted by Crippen LogP contribution is -2.15. The van der Waals surface area contributed by atoms with Crippen molar-refractivity contribution in [2.75, 3.05) is 18.1 Å². The maximum atomic E-state index is 4.20. The zero-order valence-corrected chi connectivity index (χ0v) is 9.59. The van der Waals surface area contributed by atoms with Crippen molar-refractivity contribution in [2.24, 2.45) is 0 Å². The van der Waals surface area contributed by atoms with Gasteiger partial charge in [0.25, 0.3) is 0 Å². The first-order valence-electron chi connectivity index (χ1n) is 4.60. The van der Waals surface area contributed by atoms with Gasteiger partial charge in [0.05, 0.1) is 0 Å². The number of thiazole rings is 1. The molecule has 0 atom stereocenters. The molecule has 1 aromatic rings. The van der Waals surface area contributed by atoms with Gasteiger partial charge in [-0.15, -0.1) is 11.3 Å². The second kappa shape index (κ2) is 7.35. The molecule has 0 saturated heterocycles. The summed E-state index contributed by atoms with van der Waals surface area (Å²) in [6.07, 6.45) is 3.11. The third-order valence-corrected chi connectivity index (χ3v) is 3.37. The van der Waals surface area contributed by atoms with Gasteiger partial charge in [-0.3, -0.25) is 0 Å². The molecule has 0 fully saturated rings. The highest BCUT2D eigenvalue weighted by Gasteiger charge is 1.93. The number of hydrogen-bond donors (Lipinski definition) is 1. The summed E-state index contributed by atoms with van der Waals surface area (Å²) in [6.45, 7) is 4.23. The molecule has 0 radical (unpaired) electrons. The Morgan fingerprint density at radius 3 is 3.23 bits per heavy atom. The topological polar surface area (TPSA) is 24.9 Å². The van der Waals surface area contributed by atoms with E-state index in [0.717, 1.165) is 13.1 Å². The number of nitrogens with one attached hydrogen (secondary N) is 1. The van der Waals surface area contributed by atoms with E-state index >= 15 is 0 Å². The molecule has 0 aliphatic rings. The van der Waals surface area contributed by atoms with E-state index in [1.54, 1.807) is 11.3 Å². The molecule has 0 aromatic carbocycles. The number of thioether (sulfide) groups is 1. The van der Waals surface area contributed by atoms with Crippen molar-refractivity contribution in [1.82, 2.24) is 10.3 Å². The summed E-state index contributed by atoms with van der Waals surface area (Å²) >= 11 is 3.72. The van der Waals surface area contributed by atoms with Gasteiger partial charge < -0.3 is 5.32 Å². The third-order valence-electron chi connectivity index (χ3n) is 1.61. The van der Waals surface area contributed by atoms with Crippen LogP contribution < -0.4 is 5.32 Å². The number of nitrogens with zero attached hydrogens (tertiary/aromatic N) is 1. The fraction of sp³-hybridized carbons (Fsp3) is 0.667. The molecule has 0 aliphatic heterocycles. The predicted molar refractivity (Wildman–Crippen MR) is 61.4 cm³/mol. The summed E-state index contributed by atoms with van der Waals surface area (Å²) in [5, 5.41) is 6.58. The van der Waals surface area contributed by atoms with E-state index < -0.39 is 0 Å². The lowest BCUT2D eigenvalue weighted by Gasteiger charge is -2.01. The van der Waals surface area contributed by atoms with E-state index in [9.17, 15) is 0 Å². The van der Waals surface area contributed by atoms with E-state index in [1.165, 1.54) is 22.9 Å². The molecule has 1 N–H and O–H groups in total. The molecule has 1 aromatic heterocycles. The molecule has 0 saturated carbocycles. The van der Waals surface area contributed by atoms with Crippen LogP contribution in [0.15, 0.2) is 11.6 Å². The van der Waals surface area contributed by atoms with E-state index in [4.69, 9.17) is 0 Å². The molecule has 0 amide bonds. The minimum Gasteiger partial charge on any atom is -0.310 e. The molecule has 4 heteroatoms. The van der Waals surface area contributed by atoms with Crippen LogP contribution >= 0.6 is 23.1 Å². The molecule has 0 aliphatic carbocycles. The maximum absolute atomic E-state index is 4.20. The van der Waals surface area contributed by atoms with Crippen molar-refractivity contribution in [3.8, 4) is 0 Å². The van der Waals surface area contributed by atoms with E-state index in [-0.39, 0.29) is 0 Å². The average molecular weight is 216 g/mol. The van der Waals surface area contributed by atoms with Crippen molar-refractivity contribution in [2.45, 2.75) is 19.9 Å². The molecule has 1 rings (SSSR count). The molecule has 0 spiro atoms. The van der Waals surface area contributed by atoms with Crippen molar-refractivity contribution >= 4 is 23.1 Å². The molecular formula is C9H16N2S2. The van der Waals surface area contributed by atoms with Gasteiger partial charge in [-0.05, 0) is 24.5 Å². The highest BCUT2D eigenvalue weighted by atomic mass is 32.2. The van der Waals surface area contributed by atoms with Crippen LogP contribution in [0, 0.1) is 0 Å². The summed E-state index contributed by atoms with van der Waals surface area (Å²) in [6, 6.07) is 0. The van der Waals surface area contributed by atoms with Gasteiger partial charge in [0.15, 0.2) is 0 Å². The molecule has 0 unspecified atom stereocenters. The van der Waals surface area contributed by atoms with Crippen LogP contribution in [-0.4, -0.2) is 23.0 Å². The fourth-order valence-electron chi connectivity index (χ4n) is 0.979. The normalized spacial score (nSPS) is 10.5. The zero-order valence-electron chi connectivity index (χ0n) is 7.95. The van der Waals surface area contributed by atoms with Gasteiger partial charge in [0, 0.05) is 18.1 Å². The van der Waals surface area contributed by atoms with E-state index in [2.05, 4.69) is 17.2 Å². The first kappa shape index (κ1) is 11.0. The molecule has 0 bridgehead atoms. The smallest absolute Gasteiger partial charge is 0.106 e. The Bertz CT molecular complexity index is 199. The first-order valence-corrected chi connectivity index (χ1v) is 6.63. The summed E-state index contributed by atoms with van der Waals surface area (Å²) in [5.74, 6) is 2.49. The second-order valence-electron chi connectivity index (χ2n) is 2.65. The van der Waals surface area contributed by atoms with Gasteiger partial charge in [-0.25, -0.2) is 4.98 Å². The number of hydrogen-bond acceptors (Lipinski definition) is 4. The zero-order chi connectivity index (χ0) is 9.36. The van der Waals surface area contributed by atoms with Crippen molar-refractivity contribution in [3.05, 3.63) is 16.6 Å². The Morgan fingerprint density at radius 2 is 2.54 bits per heavy atom. The monoisotopic (exact) mass is 216 g/mol. The molecule has 74 valence electrons. The molecule has 1 heterocycles. The van der Waals surface area contributed by atoms with Gasteiger partial charge in [0.2, 0.25) is 0 Å². The van der Waals surface area contributed by atoms with E-state index in [1.807, 2.05) is 23.3 Å². The Labute approximate surface area is 88.2 Å². The van der Waals surface area contributed by atoms with Gasteiger partial charge >= 0.3 is 0 Å². The van der Waals surface area contributed by atoms with Gasteiger partial charge in [-0.2, -0.15) is 11.8 Å². The molecule has 2 nitrogen and oxygen atoms in total. The van der Waals surface area contributed by atoms with Crippen molar-refractivity contribution in [3.63, 3.8) is 0 Å². The molecule has 13 heavy (non-hydrogen) atoms. The highest BCUT2D eigenvalue weighted by Crippen LogP contribution is 2.03. The lowest BCUT2D eigenvalue weighted by atomic mass is 10.5. The first-order chi connectivity index (χ1) is 6.43. The fourth-order valence-corrected chi connectivity index (χ4v) is 2.20. The summed E-state index contributed by atoms with van der Waals surface area (Å²) in [7, 11) is 0. The highest BCUT2D eigenvalue weighted by molar-refractivity contribution is 7.99. The third kappa shape index (κ3) is 5.29. The Kier molecular flexibility index (Phi) is 6.23. The van der Waals surface area contributed by atoms with Crippen LogP contribution in [0.2, 0.25) is 0 Å². The van der Waals surface area contributed by atoms with E-state index in [0.29, 0.717) is 0 Å².